The first-order valence-electron chi connectivity index (χ1n) is 10.8. The maximum Gasteiger partial charge on any atom is 0.355 e. The molecule has 34 heavy (non-hydrogen) atoms. The summed E-state index contributed by atoms with van der Waals surface area (Å²) in [6.45, 7) is 5.33. The zero-order chi connectivity index (χ0) is 24.3. The molecule has 0 aliphatic carbocycles. The average molecular weight is 483 g/mol. The number of non-ortho nitro benzene ring substituents is 1. The molecule has 1 N–H and O–H groups in total. The van der Waals surface area contributed by atoms with Crippen molar-refractivity contribution in [2.45, 2.75) is 39.5 Å². The van der Waals surface area contributed by atoms with E-state index in [4.69, 9.17) is 4.74 Å². The van der Waals surface area contributed by atoms with Crippen molar-refractivity contribution in [2.75, 3.05) is 0 Å². The van der Waals surface area contributed by atoms with E-state index in [2.05, 4.69) is 4.98 Å². The van der Waals surface area contributed by atoms with Gasteiger partial charge in [0.1, 0.15) is 23.0 Å². The van der Waals surface area contributed by atoms with Crippen LogP contribution in [0.4, 0.5) is 5.69 Å². The molecule has 0 saturated carbocycles. The Morgan fingerprint density at radius 3 is 2.68 bits per heavy atom. The molecule has 4 atom stereocenters. The van der Waals surface area contributed by atoms with Crippen LogP contribution in [0.1, 0.15) is 30.1 Å². The number of fused-ring (bicyclic) bond motifs is 2. The Bertz CT molecular complexity index is 1360. The van der Waals surface area contributed by atoms with Crippen molar-refractivity contribution in [3.8, 4) is 0 Å². The van der Waals surface area contributed by atoms with Crippen LogP contribution in [0, 0.1) is 28.9 Å². The van der Waals surface area contributed by atoms with Gasteiger partial charge < -0.3 is 14.7 Å². The van der Waals surface area contributed by atoms with Gasteiger partial charge in [-0.15, -0.1) is 11.3 Å². The fraction of sp³-hybridized carbons (Fsp3) is 0.348. The van der Waals surface area contributed by atoms with E-state index in [1.54, 1.807) is 13.1 Å². The molecule has 0 bridgehead atoms. The second kappa shape index (κ2) is 8.03. The first-order chi connectivity index (χ1) is 16.2. The Kier molecular flexibility index (Phi) is 5.25. The maximum atomic E-state index is 13.3. The summed E-state index contributed by atoms with van der Waals surface area (Å²) in [5.41, 5.74) is 1.44. The van der Waals surface area contributed by atoms with Crippen LogP contribution in [0.5, 0.6) is 0 Å². The molecule has 0 unspecified atom stereocenters. The minimum atomic E-state index is -0.835. The van der Waals surface area contributed by atoms with Crippen molar-refractivity contribution in [3.05, 3.63) is 68.7 Å². The number of hydrogen-bond acceptors (Lipinski definition) is 8. The summed E-state index contributed by atoms with van der Waals surface area (Å²) in [5.74, 6) is -0.902. The van der Waals surface area contributed by atoms with Crippen molar-refractivity contribution >= 4 is 39.3 Å². The number of benzene rings is 1. The van der Waals surface area contributed by atoms with E-state index in [9.17, 15) is 24.8 Å². The summed E-state index contributed by atoms with van der Waals surface area (Å²) in [4.78, 5) is 44.1. The van der Waals surface area contributed by atoms with Crippen molar-refractivity contribution in [2.24, 2.45) is 11.8 Å². The Hall–Kier alpha value is -3.57. The molecule has 1 saturated heterocycles. The second-order valence-corrected chi connectivity index (χ2v) is 9.69. The number of carbonyl (C=O) groups is 2. The first-order valence-corrected chi connectivity index (χ1v) is 11.6. The van der Waals surface area contributed by atoms with Gasteiger partial charge in [0.25, 0.3) is 5.69 Å². The molecule has 2 aliphatic heterocycles. The number of thiazole rings is 1. The average Bonchev–Trinajstić information content (AvgIpc) is 3.43. The number of nitrogens with zero attached hydrogens (tertiary/aromatic N) is 4. The molecule has 11 heteroatoms. The second-order valence-electron chi connectivity index (χ2n) is 8.62. The highest BCUT2D eigenvalue weighted by molar-refractivity contribution is 7.18. The zero-order valence-electron chi connectivity index (χ0n) is 18.7. The third kappa shape index (κ3) is 3.31. The normalized spacial score (nSPS) is 22.6. The summed E-state index contributed by atoms with van der Waals surface area (Å²) in [6.07, 6.45) is 2.83. The Labute approximate surface area is 198 Å². The number of imidazole rings is 1. The summed E-state index contributed by atoms with van der Waals surface area (Å²) in [7, 11) is 0. The van der Waals surface area contributed by atoms with Crippen LogP contribution in [-0.4, -0.2) is 48.3 Å². The number of ether oxygens (including phenoxy) is 1. The quantitative estimate of drug-likeness (QED) is 0.248. The van der Waals surface area contributed by atoms with Crippen molar-refractivity contribution < 1.29 is 24.4 Å². The molecule has 176 valence electrons. The van der Waals surface area contributed by atoms with Gasteiger partial charge in [0.05, 0.1) is 34.1 Å². The van der Waals surface area contributed by atoms with Gasteiger partial charge in [-0.3, -0.25) is 19.3 Å². The Morgan fingerprint density at radius 1 is 1.35 bits per heavy atom. The number of nitro benzene ring substituents is 1. The molecule has 0 spiro atoms. The number of nitro groups is 1. The summed E-state index contributed by atoms with van der Waals surface area (Å²) in [6, 6.07) is 5.41. The number of aliphatic hydroxyl groups excluding tert-OH is 1. The molecule has 4 heterocycles. The van der Waals surface area contributed by atoms with E-state index >= 15 is 0 Å². The van der Waals surface area contributed by atoms with Gasteiger partial charge >= 0.3 is 5.97 Å². The third-order valence-electron chi connectivity index (χ3n) is 6.56. The van der Waals surface area contributed by atoms with E-state index in [-0.39, 0.29) is 35.9 Å². The number of hydrogen-bond donors (Lipinski definition) is 1. The number of aromatic nitrogens is 2. The highest BCUT2D eigenvalue weighted by Crippen LogP contribution is 2.51. The van der Waals surface area contributed by atoms with Crippen molar-refractivity contribution in [1.29, 1.82) is 0 Å². The van der Waals surface area contributed by atoms with Gasteiger partial charge in [-0.05, 0) is 31.5 Å². The largest absolute Gasteiger partial charge is 0.456 e. The van der Waals surface area contributed by atoms with Crippen molar-refractivity contribution in [3.63, 3.8) is 0 Å². The molecule has 2 aromatic heterocycles. The number of aryl methyl sites for hydroxylation is 1. The fourth-order valence-electron chi connectivity index (χ4n) is 4.86. The summed E-state index contributed by atoms with van der Waals surface area (Å²) < 4.78 is 7.48. The fourth-order valence-corrected chi connectivity index (χ4v) is 6.02. The summed E-state index contributed by atoms with van der Waals surface area (Å²) in [5, 5.41) is 21.0. The van der Waals surface area contributed by atoms with Crippen LogP contribution in [0.15, 0.2) is 42.4 Å². The van der Waals surface area contributed by atoms with Gasteiger partial charge in [0.15, 0.2) is 0 Å². The summed E-state index contributed by atoms with van der Waals surface area (Å²) >= 11 is 1.47. The SMILES string of the molecule is Cc1ncc2sc(C3=C(C(=O)OCc4ccc([N+](=O)[O-])cc4)N4C(=O)[C@H]([C@@H](C)O)[C@H]4[C@H]3C)cn12. The molecule has 1 amide bonds. The van der Waals surface area contributed by atoms with Crippen LogP contribution >= 0.6 is 11.3 Å². The van der Waals surface area contributed by atoms with Crippen LogP contribution in [0.3, 0.4) is 0 Å². The number of β-lactam (4-membered cyclic amide) rings is 1. The van der Waals surface area contributed by atoms with Gasteiger partial charge in [-0.1, -0.05) is 6.92 Å². The predicted octanol–water partition coefficient (Wildman–Crippen LogP) is 2.92. The minimum Gasteiger partial charge on any atom is -0.456 e. The molecular formula is C23H22N4O6S. The highest BCUT2D eigenvalue weighted by atomic mass is 32.1. The molecule has 3 aromatic rings. The number of aliphatic hydroxyl groups is 1. The lowest BCUT2D eigenvalue weighted by Crippen LogP contribution is -2.63. The monoisotopic (exact) mass is 482 g/mol. The van der Waals surface area contributed by atoms with Gasteiger partial charge in [0.2, 0.25) is 5.91 Å². The molecule has 1 aromatic carbocycles. The van der Waals surface area contributed by atoms with E-state index < -0.39 is 22.9 Å². The first kappa shape index (κ1) is 22.2. The van der Waals surface area contributed by atoms with Crippen molar-refractivity contribution in [1.82, 2.24) is 14.3 Å². The number of rotatable bonds is 6. The number of amides is 1. The van der Waals surface area contributed by atoms with Gasteiger partial charge in [0, 0.05) is 29.8 Å². The Morgan fingerprint density at radius 2 is 2.06 bits per heavy atom. The van der Waals surface area contributed by atoms with E-state index in [0.717, 1.165) is 15.5 Å². The van der Waals surface area contributed by atoms with Crippen LogP contribution in [0.25, 0.3) is 10.4 Å². The van der Waals surface area contributed by atoms with Gasteiger partial charge in [-0.25, -0.2) is 9.78 Å². The lowest BCUT2D eigenvalue weighted by atomic mass is 9.77. The molecule has 1 fully saturated rings. The van der Waals surface area contributed by atoms with Gasteiger partial charge in [-0.2, -0.15) is 0 Å². The number of esters is 1. The molecular weight excluding hydrogens is 460 g/mol. The molecule has 2 aliphatic rings. The van der Waals surface area contributed by atoms with Crippen LogP contribution < -0.4 is 0 Å². The van der Waals surface area contributed by atoms with Crippen LogP contribution in [0.2, 0.25) is 0 Å². The van der Waals surface area contributed by atoms with E-state index in [1.807, 2.05) is 24.4 Å². The highest BCUT2D eigenvalue weighted by Gasteiger charge is 2.60. The maximum absolute atomic E-state index is 13.3. The molecule has 5 rings (SSSR count). The van der Waals surface area contributed by atoms with Crippen LogP contribution in [-0.2, 0) is 20.9 Å². The standard InChI is InChI=1S/C23H22N4O6S/c1-11-18(16-9-25-13(3)24-8-17(25)34-16)21(26-20(11)19(12(2)28)22(26)29)23(30)33-10-14-4-6-15(7-5-14)27(31)32/h4-9,11-12,19-20,28H,10H2,1-3H3/t11-,12+,19+,20+/m0/s1. The minimum absolute atomic E-state index is 0.0539. The molecule has 0 radical (unpaired) electrons. The zero-order valence-corrected chi connectivity index (χ0v) is 19.5. The predicted molar refractivity (Wildman–Crippen MR) is 123 cm³/mol. The third-order valence-corrected chi connectivity index (χ3v) is 7.61. The molecule has 10 nitrogen and oxygen atoms in total. The van der Waals surface area contributed by atoms with E-state index in [1.165, 1.54) is 40.5 Å². The Balaban J connectivity index is 1.49. The van der Waals surface area contributed by atoms with E-state index in [0.29, 0.717) is 11.1 Å². The topological polar surface area (TPSA) is 127 Å². The lowest BCUT2D eigenvalue weighted by molar-refractivity contribution is -0.384. The smallest absolute Gasteiger partial charge is 0.355 e. The lowest BCUT2D eigenvalue weighted by Gasteiger charge is -2.46. The number of carbonyl (C=O) groups excluding carboxylic acids is 2.